The van der Waals surface area contributed by atoms with Gasteiger partial charge >= 0.3 is 0 Å². The standard InChI is InChI=1S/C8H11N3O2S/c1-4-7(5(2)12)14-8(9-4)11-10-6(3)13/h1-3H3,(H,9,11)(H,10,13). The van der Waals surface area contributed by atoms with E-state index in [9.17, 15) is 9.59 Å². The summed E-state index contributed by atoms with van der Waals surface area (Å²) in [6.07, 6.45) is 0. The average Bonchev–Trinajstić information content (AvgIpc) is 2.43. The summed E-state index contributed by atoms with van der Waals surface area (Å²) in [5.41, 5.74) is 5.68. The zero-order valence-electron chi connectivity index (χ0n) is 8.17. The molecule has 1 heterocycles. The number of ketones is 1. The third-order valence-electron chi connectivity index (χ3n) is 1.46. The van der Waals surface area contributed by atoms with Gasteiger partial charge in [0.25, 0.3) is 0 Å². The van der Waals surface area contributed by atoms with Gasteiger partial charge in [0.05, 0.1) is 10.6 Å². The maximum Gasteiger partial charge on any atom is 0.235 e. The maximum absolute atomic E-state index is 11.1. The minimum Gasteiger partial charge on any atom is -0.294 e. The van der Waals surface area contributed by atoms with E-state index in [0.29, 0.717) is 15.7 Å². The van der Waals surface area contributed by atoms with Crippen LogP contribution in [0.4, 0.5) is 5.13 Å². The van der Waals surface area contributed by atoms with Crippen molar-refractivity contribution < 1.29 is 9.59 Å². The Morgan fingerprint density at radius 3 is 2.43 bits per heavy atom. The Labute approximate surface area is 85.5 Å². The fourth-order valence-corrected chi connectivity index (χ4v) is 1.73. The van der Waals surface area contributed by atoms with Crippen LogP contribution in [0.25, 0.3) is 0 Å². The quantitative estimate of drug-likeness (QED) is 0.583. The van der Waals surface area contributed by atoms with Gasteiger partial charge in [0, 0.05) is 13.8 Å². The fourth-order valence-electron chi connectivity index (χ4n) is 0.918. The van der Waals surface area contributed by atoms with Gasteiger partial charge in [-0.25, -0.2) is 4.98 Å². The number of rotatable bonds is 3. The van der Waals surface area contributed by atoms with Crippen molar-refractivity contribution in [2.24, 2.45) is 0 Å². The summed E-state index contributed by atoms with van der Waals surface area (Å²) in [7, 11) is 0. The van der Waals surface area contributed by atoms with E-state index in [0.717, 1.165) is 0 Å². The van der Waals surface area contributed by atoms with E-state index in [-0.39, 0.29) is 11.7 Å². The minimum atomic E-state index is -0.206. The summed E-state index contributed by atoms with van der Waals surface area (Å²) in [4.78, 5) is 26.3. The van der Waals surface area contributed by atoms with Crippen LogP contribution in [-0.2, 0) is 4.79 Å². The number of hydrogen-bond acceptors (Lipinski definition) is 5. The van der Waals surface area contributed by atoms with Crippen molar-refractivity contribution in [3.63, 3.8) is 0 Å². The van der Waals surface area contributed by atoms with Crippen LogP contribution in [0.15, 0.2) is 0 Å². The smallest absolute Gasteiger partial charge is 0.235 e. The number of amides is 1. The number of hydrogen-bond donors (Lipinski definition) is 2. The predicted molar refractivity (Wildman–Crippen MR) is 54.3 cm³/mol. The van der Waals surface area contributed by atoms with Gasteiger partial charge in [-0.1, -0.05) is 11.3 Å². The molecular weight excluding hydrogens is 202 g/mol. The summed E-state index contributed by atoms with van der Waals surface area (Å²) in [6.45, 7) is 4.63. The Balaban J connectivity index is 2.76. The SMILES string of the molecule is CC(=O)NNc1nc(C)c(C(C)=O)s1. The molecule has 0 atom stereocenters. The number of anilines is 1. The molecule has 0 saturated carbocycles. The number of nitrogens with zero attached hydrogens (tertiary/aromatic N) is 1. The van der Waals surface area contributed by atoms with Crippen LogP contribution >= 0.6 is 11.3 Å². The second kappa shape index (κ2) is 4.19. The summed E-state index contributed by atoms with van der Waals surface area (Å²) in [5.74, 6) is -0.224. The van der Waals surface area contributed by atoms with Crippen molar-refractivity contribution in [1.29, 1.82) is 0 Å². The van der Waals surface area contributed by atoms with Gasteiger partial charge in [0.15, 0.2) is 5.78 Å². The van der Waals surface area contributed by atoms with Gasteiger partial charge < -0.3 is 0 Å². The Morgan fingerprint density at radius 1 is 1.36 bits per heavy atom. The Bertz CT molecular complexity index is 373. The Morgan fingerprint density at radius 2 is 2.00 bits per heavy atom. The highest BCUT2D eigenvalue weighted by molar-refractivity contribution is 7.17. The zero-order chi connectivity index (χ0) is 10.7. The molecule has 0 saturated heterocycles. The van der Waals surface area contributed by atoms with E-state index < -0.39 is 0 Å². The molecule has 14 heavy (non-hydrogen) atoms. The Hall–Kier alpha value is -1.43. The molecule has 0 radical (unpaired) electrons. The molecule has 0 spiro atoms. The van der Waals surface area contributed by atoms with Crippen molar-refractivity contribution in [2.75, 3.05) is 5.43 Å². The van der Waals surface area contributed by atoms with Gasteiger partial charge in [-0.05, 0) is 6.92 Å². The van der Waals surface area contributed by atoms with E-state index >= 15 is 0 Å². The second-order valence-electron chi connectivity index (χ2n) is 2.80. The van der Waals surface area contributed by atoms with Crippen molar-refractivity contribution in [2.45, 2.75) is 20.8 Å². The van der Waals surface area contributed by atoms with Crippen LogP contribution < -0.4 is 10.9 Å². The average molecular weight is 213 g/mol. The van der Waals surface area contributed by atoms with Crippen LogP contribution in [0, 0.1) is 6.92 Å². The molecule has 0 aliphatic heterocycles. The molecule has 76 valence electrons. The highest BCUT2D eigenvalue weighted by atomic mass is 32.1. The van der Waals surface area contributed by atoms with Gasteiger partial charge in [-0.15, -0.1) is 0 Å². The lowest BCUT2D eigenvalue weighted by atomic mass is 10.3. The Kier molecular flexibility index (Phi) is 3.19. The molecule has 1 rings (SSSR count). The molecule has 0 bridgehead atoms. The first-order valence-corrected chi connectivity index (χ1v) is 4.83. The number of nitrogens with one attached hydrogen (secondary N) is 2. The summed E-state index contributed by atoms with van der Waals surface area (Å²) in [6, 6.07) is 0. The first kappa shape index (κ1) is 10.6. The normalized spacial score (nSPS) is 9.64. The summed E-state index contributed by atoms with van der Waals surface area (Å²) in [5, 5.41) is 0.517. The lowest BCUT2D eigenvalue weighted by molar-refractivity contribution is -0.118. The first-order chi connectivity index (χ1) is 6.50. The van der Waals surface area contributed by atoms with Gasteiger partial charge in [-0.3, -0.25) is 20.4 Å². The molecule has 0 unspecified atom stereocenters. The van der Waals surface area contributed by atoms with E-state index in [1.165, 1.54) is 25.2 Å². The van der Waals surface area contributed by atoms with Crippen molar-refractivity contribution >= 4 is 28.2 Å². The second-order valence-corrected chi connectivity index (χ2v) is 3.79. The number of aryl methyl sites for hydroxylation is 1. The van der Waals surface area contributed by atoms with Gasteiger partial charge in [0.1, 0.15) is 0 Å². The molecular formula is C8H11N3O2S. The van der Waals surface area contributed by atoms with E-state index in [1.54, 1.807) is 6.92 Å². The van der Waals surface area contributed by atoms with Crippen LogP contribution in [0.5, 0.6) is 0 Å². The van der Waals surface area contributed by atoms with Gasteiger partial charge in [-0.2, -0.15) is 0 Å². The summed E-state index contributed by atoms with van der Waals surface area (Å²) >= 11 is 1.22. The van der Waals surface area contributed by atoms with Crippen molar-refractivity contribution in [1.82, 2.24) is 10.4 Å². The maximum atomic E-state index is 11.1. The number of carbonyl (C=O) groups excluding carboxylic acids is 2. The third-order valence-corrected chi connectivity index (χ3v) is 2.64. The van der Waals surface area contributed by atoms with Crippen molar-refractivity contribution in [3.8, 4) is 0 Å². The zero-order valence-corrected chi connectivity index (χ0v) is 8.99. The number of hydrazine groups is 1. The topological polar surface area (TPSA) is 71.1 Å². The van der Waals surface area contributed by atoms with Crippen LogP contribution in [0.1, 0.15) is 29.2 Å². The van der Waals surface area contributed by atoms with E-state index in [2.05, 4.69) is 15.8 Å². The molecule has 2 N–H and O–H groups in total. The van der Waals surface area contributed by atoms with Crippen LogP contribution in [0.3, 0.4) is 0 Å². The molecule has 0 fully saturated rings. The summed E-state index contributed by atoms with van der Waals surface area (Å²) < 4.78 is 0. The van der Waals surface area contributed by atoms with Crippen molar-refractivity contribution in [3.05, 3.63) is 10.6 Å². The highest BCUT2D eigenvalue weighted by Crippen LogP contribution is 2.21. The minimum absolute atomic E-state index is 0.0177. The predicted octanol–water partition coefficient (Wildman–Crippen LogP) is 1.12. The van der Waals surface area contributed by atoms with Crippen LogP contribution in [-0.4, -0.2) is 16.7 Å². The number of carbonyl (C=O) groups is 2. The molecule has 0 aliphatic rings. The van der Waals surface area contributed by atoms with Crippen LogP contribution in [0.2, 0.25) is 0 Å². The lowest BCUT2D eigenvalue weighted by Crippen LogP contribution is -2.26. The number of aromatic nitrogens is 1. The first-order valence-electron chi connectivity index (χ1n) is 4.01. The monoisotopic (exact) mass is 213 g/mol. The highest BCUT2D eigenvalue weighted by Gasteiger charge is 2.10. The molecule has 6 heteroatoms. The molecule has 0 aromatic carbocycles. The molecule has 0 aliphatic carbocycles. The largest absolute Gasteiger partial charge is 0.294 e. The molecule has 1 amide bonds. The third kappa shape index (κ3) is 2.53. The number of thiazole rings is 1. The molecule has 1 aromatic heterocycles. The van der Waals surface area contributed by atoms with E-state index in [4.69, 9.17) is 0 Å². The fraction of sp³-hybridized carbons (Fsp3) is 0.375. The molecule has 1 aromatic rings. The molecule has 5 nitrogen and oxygen atoms in total. The van der Waals surface area contributed by atoms with Gasteiger partial charge in [0.2, 0.25) is 11.0 Å². The van der Waals surface area contributed by atoms with E-state index in [1.807, 2.05) is 0 Å². The number of Topliss-reactive ketones (excluding diaryl/α,β-unsaturated/α-hetero) is 1. The lowest BCUT2D eigenvalue weighted by Gasteiger charge is -1.99.